The van der Waals surface area contributed by atoms with Crippen LogP contribution in [0.4, 0.5) is 11.5 Å². The van der Waals surface area contributed by atoms with E-state index < -0.39 is 0 Å². The normalized spacial score (nSPS) is 21.3. The summed E-state index contributed by atoms with van der Waals surface area (Å²) in [5.74, 6) is 2.04. The second-order valence-electron chi connectivity index (χ2n) is 9.79. The van der Waals surface area contributed by atoms with Gasteiger partial charge in [-0.15, -0.1) is 0 Å². The molecule has 3 aliphatic rings. The second-order valence-corrected chi connectivity index (χ2v) is 9.79. The van der Waals surface area contributed by atoms with Crippen molar-refractivity contribution in [3.63, 3.8) is 0 Å². The summed E-state index contributed by atoms with van der Waals surface area (Å²) in [6.45, 7) is 2.89. The number of carbonyl (C=O) groups excluding carboxylic acids is 1. The molecule has 36 heavy (non-hydrogen) atoms. The van der Waals surface area contributed by atoms with Crippen molar-refractivity contribution in [1.29, 1.82) is 5.41 Å². The maximum absolute atomic E-state index is 12.9. The Bertz CT molecular complexity index is 1180. The van der Waals surface area contributed by atoms with Crippen LogP contribution >= 0.6 is 0 Å². The highest BCUT2D eigenvalue weighted by atomic mass is 16.5. The third-order valence-electron chi connectivity index (χ3n) is 7.41. The van der Waals surface area contributed by atoms with E-state index in [0.717, 1.165) is 37.4 Å². The summed E-state index contributed by atoms with van der Waals surface area (Å²) in [6.07, 6.45) is 6.80. The van der Waals surface area contributed by atoms with E-state index >= 15 is 0 Å². The maximum atomic E-state index is 12.9. The summed E-state index contributed by atoms with van der Waals surface area (Å²) in [5.41, 5.74) is 7.05. The van der Waals surface area contributed by atoms with Crippen molar-refractivity contribution in [2.45, 2.75) is 50.5 Å². The molecule has 0 atom stereocenters. The lowest BCUT2D eigenvalue weighted by molar-refractivity contribution is -0.126. The molecule has 1 saturated carbocycles. The molecule has 0 spiro atoms. The van der Waals surface area contributed by atoms with Crippen LogP contribution in [-0.2, 0) is 4.79 Å². The number of carbonyl (C=O) groups is 1. The highest BCUT2D eigenvalue weighted by Crippen LogP contribution is 2.43. The lowest BCUT2D eigenvalue weighted by Crippen LogP contribution is -2.40. The van der Waals surface area contributed by atoms with Gasteiger partial charge in [-0.3, -0.25) is 14.8 Å². The molecule has 1 aromatic heterocycles. The van der Waals surface area contributed by atoms with Crippen LogP contribution in [0, 0.1) is 11.3 Å². The van der Waals surface area contributed by atoms with Gasteiger partial charge in [0.25, 0.3) is 0 Å². The number of amides is 1. The van der Waals surface area contributed by atoms with Gasteiger partial charge in [0.15, 0.2) is 23.3 Å². The minimum Gasteiger partial charge on any atom is -0.450 e. The van der Waals surface area contributed by atoms with E-state index in [1.807, 2.05) is 6.07 Å². The standard InChI is InChI=1S/C25H34N8O3/c26-24(27)30-12-11-29-23(34)16-1-4-18(5-2-16)33-14-21-22(32-25(33)35)31-19-13-17(3-6-20(19)36-21)15-7-9-28-10-8-15/h3,6,13-16,18,28H,1-2,4-5,7-12H2,(H,29,34)(H4,26,27,30)(H,31,32,35). The van der Waals surface area contributed by atoms with Crippen LogP contribution in [0.3, 0.4) is 0 Å². The molecule has 1 amide bonds. The van der Waals surface area contributed by atoms with Crippen LogP contribution in [0.15, 0.2) is 29.2 Å². The Morgan fingerprint density at radius 1 is 1.11 bits per heavy atom. The van der Waals surface area contributed by atoms with Crippen molar-refractivity contribution in [3.8, 4) is 11.5 Å². The molecule has 192 valence electrons. The molecule has 1 aromatic carbocycles. The highest BCUT2D eigenvalue weighted by Gasteiger charge is 2.29. The third-order valence-corrected chi connectivity index (χ3v) is 7.41. The molecule has 11 heteroatoms. The monoisotopic (exact) mass is 494 g/mol. The van der Waals surface area contributed by atoms with Gasteiger partial charge in [-0.1, -0.05) is 6.07 Å². The zero-order valence-corrected chi connectivity index (χ0v) is 20.3. The van der Waals surface area contributed by atoms with E-state index in [2.05, 4.69) is 38.4 Å². The number of piperidine rings is 1. The zero-order chi connectivity index (χ0) is 25.1. The molecule has 0 unspecified atom stereocenters. The molecule has 2 aliphatic heterocycles. The quantitative estimate of drug-likeness (QED) is 0.172. The predicted molar refractivity (Wildman–Crippen MR) is 137 cm³/mol. The summed E-state index contributed by atoms with van der Waals surface area (Å²) in [4.78, 5) is 29.6. The number of nitrogens with one attached hydrogen (secondary N) is 5. The SMILES string of the molecule is N=C(N)NCCNC(=O)C1CCC(n2cc3c(nc2=O)Nc2cc(C4CCNCC4)ccc2O3)CC1. The number of hydrogen-bond donors (Lipinski definition) is 6. The molecule has 2 aromatic rings. The average molecular weight is 495 g/mol. The minimum absolute atomic E-state index is 0.00251. The first-order valence-electron chi connectivity index (χ1n) is 12.8. The van der Waals surface area contributed by atoms with Crippen LogP contribution in [0.1, 0.15) is 56.0 Å². The van der Waals surface area contributed by atoms with Gasteiger partial charge in [-0.05, 0) is 75.2 Å². The Balaban J connectivity index is 1.21. The van der Waals surface area contributed by atoms with Gasteiger partial charge in [0.1, 0.15) is 0 Å². The molecule has 1 saturated heterocycles. The van der Waals surface area contributed by atoms with E-state index in [-0.39, 0.29) is 29.5 Å². The third kappa shape index (κ3) is 5.30. The molecule has 0 bridgehead atoms. The fourth-order valence-corrected chi connectivity index (χ4v) is 5.41. The molecule has 1 aliphatic carbocycles. The zero-order valence-electron chi connectivity index (χ0n) is 20.3. The van der Waals surface area contributed by atoms with Gasteiger partial charge < -0.3 is 31.7 Å². The first-order valence-corrected chi connectivity index (χ1v) is 12.8. The number of rotatable bonds is 6. The first kappa shape index (κ1) is 24.1. The first-order chi connectivity index (χ1) is 17.5. The Kier molecular flexibility index (Phi) is 7.08. The van der Waals surface area contributed by atoms with Crippen LogP contribution in [0.2, 0.25) is 0 Å². The van der Waals surface area contributed by atoms with Crippen LogP contribution < -0.4 is 37.4 Å². The molecule has 2 fully saturated rings. The lowest BCUT2D eigenvalue weighted by Gasteiger charge is -2.30. The van der Waals surface area contributed by atoms with Gasteiger partial charge in [0.2, 0.25) is 5.91 Å². The number of fused-ring (bicyclic) bond motifs is 2. The summed E-state index contributed by atoms with van der Waals surface area (Å²) < 4.78 is 7.80. The van der Waals surface area contributed by atoms with Gasteiger partial charge in [-0.2, -0.15) is 4.98 Å². The summed E-state index contributed by atoms with van der Waals surface area (Å²) in [6, 6.07) is 6.22. The van der Waals surface area contributed by atoms with E-state index in [1.54, 1.807) is 10.8 Å². The number of aromatic nitrogens is 2. The number of hydrogen-bond acceptors (Lipinski definition) is 7. The Labute approximate surface area is 209 Å². The van der Waals surface area contributed by atoms with Crippen molar-refractivity contribution < 1.29 is 9.53 Å². The van der Waals surface area contributed by atoms with Crippen molar-refractivity contribution >= 4 is 23.4 Å². The summed E-state index contributed by atoms with van der Waals surface area (Å²) in [7, 11) is 0. The Morgan fingerprint density at radius 3 is 2.61 bits per heavy atom. The number of benzene rings is 1. The Morgan fingerprint density at radius 2 is 1.86 bits per heavy atom. The van der Waals surface area contributed by atoms with Crippen molar-refractivity contribution in [3.05, 3.63) is 40.4 Å². The molecule has 11 nitrogen and oxygen atoms in total. The molecule has 7 N–H and O–H groups in total. The minimum atomic E-state index is -0.314. The highest BCUT2D eigenvalue weighted by molar-refractivity contribution is 5.79. The van der Waals surface area contributed by atoms with Gasteiger partial charge in [0.05, 0.1) is 11.9 Å². The second kappa shape index (κ2) is 10.6. The molecular formula is C25H34N8O3. The van der Waals surface area contributed by atoms with Gasteiger partial charge in [0, 0.05) is 25.0 Å². The molecule has 0 radical (unpaired) electrons. The fourth-order valence-electron chi connectivity index (χ4n) is 5.41. The van der Waals surface area contributed by atoms with Crippen LogP contribution in [0.5, 0.6) is 11.5 Å². The van der Waals surface area contributed by atoms with Crippen LogP contribution in [0.25, 0.3) is 0 Å². The van der Waals surface area contributed by atoms with Gasteiger partial charge >= 0.3 is 5.69 Å². The van der Waals surface area contributed by atoms with Gasteiger partial charge in [-0.25, -0.2) is 4.79 Å². The number of anilines is 2. The van der Waals surface area contributed by atoms with Crippen molar-refractivity contribution in [2.75, 3.05) is 31.5 Å². The van der Waals surface area contributed by atoms with E-state index in [9.17, 15) is 9.59 Å². The molecule has 5 rings (SSSR count). The largest absolute Gasteiger partial charge is 0.450 e. The van der Waals surface area contributed by atoms with Crippen molar-refractivity contribution in [1.82, 2.24) is 25.5 Å². The van der Waals surface area contributed by atoms with E-state index in [4.69, 9.17) is 15.9 Å². The average Bonchev–Trinajstić information content (AvgIpc) is 2.90. The van der Waals surface area contributed by atoms with Crippen LogP contribution in [-0.4, -0.2) is 47.6 Å². The maximum Gasteiger partial charge on any atom is 0.350 e. The Hall–Kier alpha value is -3.60. The van der Waals surface area contributed by atoms with E-state index in [0.29, 0.717) is 56.3 Å². The number of nitrogens with two attached hydrogens (primary N) is 1. The number of ether oxygens (including phenoxy) is 1. The smallest absolute Gasteiger partial charge is 0.350 e. The van der Waals surface area contributed by atoms with Crippen molar-refractivity contribution in [2.24, 2.45) is 11.7 Å². The molecular weight excluding hydrogens is 460 g/mol. The summed E-state index contributed by atoms with van der Waals surface area (Å²) >= 11 is 0. The predicted octanol–water partition coefficient (Wildman–Crippen LogP) is 1.89. The van der Waals surface area contributed by atoms with E-state index in [1.165, 1.54) is 5.56 Å². The molecule has 3 heterocycles. The number of nitrogens with zero attached hydrogens (tertiary/aromatic N) is 2. The fraction of sp³-hybridized carbons (Fsp3) is 0.520. The topological polar surface area (TPSA) is 159 Å². The summed E-state index contributed by atoms with van der Waals surface area (Å²) in [5, 5.41) is 19.4. The number of guanidine groups is 1. The lowest BCUT2D eigenvalue weighted by atomic mass is 9.85.